The van der Waals surface area contributed by atoms with Crippen molar-refractivity contribution in [2.24, 2.45) is 12.5 Å². The van der Waals surface area contributed by atoms with Crippen molar-refractivity contribution in [1.29, 1.82) is 0 Å². The van der Waals surface area contributed by atoms with Gasteiger partial charge in [-0.3, -0.25) is 9.59 Å². The highest BCUT2D eigenvalue weighted by Crippen LogP contribution is 2.37. The Kier molecular flexibility index (Phi) is 4.42. The molecule has 2 aromatic rings. The molecule has 4 rings (SSSR count). The molecule has 142 valence electrons. The number of amides is 1. The highest BCUT2D eigenvalue weighted by atomic mass is 16.7. The summed E-state index contributed by atoms with van der Waals surface area (Å²) in [4.78, 5) is 27.1. The number of hydrogen-bond donors (Lipinski definition) is 0. The molecule has 0 spiro atoms. The number of rotatable bonds is 4. The SMILES string of the molecule is Cn1cccc1C(=O)C(=O)N1CCCC(C)(Cc2ccc3c(c2)OCO3)C1. The minimum Gasteiger partial charge on any atom is -0.454 e. The summed E-state index contributed by atoms with van der Waals surface area (Å²) in [5, 5.41) is 0. The maximum Gasteiger partial charge on any atom is 0.296 e. The average Bonchev–Trinajstić information content (AvgIpc) is 3.28. The average molecular weight is 368 g/mol. The molecular weight excluding hydrogens is 344 g/mol. The number of benzene rings is 1. The molecule has 2 aliphatic heterocycles. The number of carbonyl (C=O) groups is 2. The van der Waals surface area contributed by atoms with Crippen molar-refractivity contribution in [1.82, 2.24) is 9.47 Å². The number of nitrogens with zero attached hydrogens (tertiary/aromatic N) is 2. The van der Waals surface area contributed by atoms with Gasteiger partial charge in [-0.1, -0.05) is 13.0 Å². The minimum atomic E-state index is -0.435. The van der Waals surface area contributed by atoms with Gasteiger partial charge in [-0.25, -0.2) is 0 Å². The van der Waals surface area contributed by atoms with Crippen LogP contribution >= 0.6 is 0 Å². The first-order chi connectivity index (χ1) is 13.0. The number of carbonyl (C=O) groups excluding carboxylic acids is 2. The summed E-state index contributed by atoms with van der Waals surface area (Å²) < 4.78 is 12.5. The summed E-state index contributed by atoms with van der Waals surface area (Å²) in [6.07, 6.45) is 4.52. The molecule has 1 unspecified atom stereocenters. The van der Waals surface area contributed by atoms with Gasteiger partial charge in [0, 0.05) is 26.3 Å². The fourth-order valence-electron chi connectivity index (χ4n) is 4.13. The zero-order valence-corrected chi connectivity index (χ0v) is 15.7. The topological polar surface area (TPSA) is 60.8 Å². The highest BCUT2D eigenvalue weighted by Gasteiger charge is 2.36. The Bertz CT molecular complexity index is 888. The standard InChI is InChI=1S/C21H24N2O4/c1-21(12-15-6-7-17-18(11-15)27-14-26-17)8-4-10-23(13-21)20(25)19(24)16-5-3-9-22(16)2/h3,5-7,9,11H,4,8,10,12-14H2,1-2H3. The van der Waals surface area contributed by atoms with Crippen molar-refractivity contribution in [3.8, 4) is 11.5 Å². The molecule has 1 aromatic carbocycles. The number of ketones is 1. The summed E-state index contributed by atoms with van der Waals surface area (Å²) in [5.41, 5.74) is 1.52. The summed E-state index contributed by atoms with van der Waals surface area (Å²) in [5.74, 6) is 0.708. The Morgan fingerprint density at radius 2 is 2.00 bits per heavy atom. The molecule has 27 heavy (non-hydrogen) atoms. The van der Waals surface area contributed by atoms with Crippen LogP contribution < -0.4 is 9.47 Å². The molecule has 0 N–H and O–H groups in total. The molecule has 0 saturated carbocycles. The summed E-state index contributed by atoms with van der Waals surface area (Å²) in [6.45, 7) is 3.66. The lowest BCUT2D eigenvalue weighted by molar-refractivity contribution is -0.129. The van der Waals surface area contributed by atoms with Crippen LogP contribution in [0.1, 0.15) is 35.8 Å². The molecule has 1 saturated heterocycles. The van der Waals surface area contributed by atoms with E-state index in [-0.39, 0.29) is 12.2 Å². The van der Waals surface area contributed by atoms with Gasteiger partial charge < -0.3 is 18.9 Å². The summed E-state index contributed by atoms with van der Waals surface area (Å²) in [6, 6.07) is 9.47. The Labute approximate surface area is 158 Å². The van der Waals surface area contributed by atoms with E-state index in [1.54, 1.807) is 34.8 Å². The Morgan fingerprint density at radius 1 is 1.19 bits per heavy atom. The van der Waals surface area contributed by atoms with Crippen molar-refractivity contribution in [2.45, 2.75) is 26.2 Å². The number of aromatic nitrogens is 1. The van der Waals surface area contributed by atoms with E-state index in [9.17, 15) is 9.59 Å². The molecule has 0 bridgehead atoms. The smallest absolute Gasteiger partial charge is 0.296 e. The Hall–Kier alpha value is -2.76. The third-order valence-electron chi connectivity index (χ3n) is 5.51. The normalized spacial score (nSPS) is 21.3. The van der Waals surface area contributed by atoms with Crippen LogP contribution in [0.2, 0.25) is 0 Å². The van der Waals surface area contributed by atoms with Gasteiger partial charge in [0.05, 0.1) is 5.69 Å². The third kappa shape index (κ3) is 3.44. The quantitative estimate of drug-likeness (QED) is 0.615. The van der Waals surface area contributed by atoms with Crippen molar-refractivity contribution >= 4 is 11.7 Å². The number of hydrogen-bond acceptors (Lipinski definition) is 4. The molecular formula is C21H24N2O4. The van der Waals surface area contributed by atoms with E-state index in [2.05, 4.69) is 13.0 Å². The van der Waals surface area contributed by atoms with Gasteiger partial charge in [-0.05, 0) is 54.5 Å². The van der Waals surface area contributed by atoms with Gasteiger partial charge in [0.1, 0.15) is 0 Å². The first-order valence-corrected chi connectivity index (χ1v) is 9.29. The van der Waals surface area contributed by atoms with Crippen LogP contribution in [0.15, 0.2) is 36.5 Å². The van der Waals surface area contributed by atoms with Crippen LogP contribution in [0, 0.1) is 5.41 Å². The summed E-state index contributed by atoms with van der Waals surface area (Å²) in [7, 11) is 1.78. The maximum atomic E-state index is 12.8. The van der Waals surface area contributed by atoms with Crippen molar-refractivity contribution in [2.75, 3.05) is 19.9 Å². The molecule has 2 aliphatic rings. The molecule has 1 fully saturated rings. The van der Waals surface area contributed by atoms with Gasteiger partial charge in [-0.2, -0.15) is 0 Å². The van der Waals surface area contributed by atoms with Crippen LogP contribution in [0.25, 0.3) is 0 Å². The molecule has 1 amide bonds. The fraction of sp³-hybridized carbons (Fsp3) is 0.429. The second-order valence-electron chi connectivity index (χ2n) is 7.84. The number of ether oxygens (including phenoxy) is 2. The van der Waals surface area contributed by atoms with Crippen LogP contribution in [-0.2, 0) is 18.3 Å². The molecule has 0 aliphatic carbocycles. The molecule has 6 nitrogen and oxygen atoms in total. The van der Waals surface area contributed by atoms with Crippen molar-refractivity contribution in [3.63, 3.8) is 0 Å². The van der Waals surface area contributed by atoms with Crippen LogP contribution in [0.5, 0.6) is 11.5 Å². The maximum absolute atomic E-state index is 12.8. The molecule has 0 radical (unpaired) electrons. The predicted octanol–water partition coefficient (Wildman–Crippen LogP) is 2.81. The molecule has 3 heterocycles. The molecule has 6 heteroatoms. The lowest BCUT2D eigenvalue weighted by Crippen LogP contribution is -2.48. The summed E-state index contributed by atoms with van der Waals surface area (Å²) >= 11 is 0. The molecule has 1 atom stereocenters. The number of fused-ring (bicyclic) bond motifs is 1. The van der Waals surface area contributed by atoms with E-state index in [4.69, 9.17) is 9.47 Å². The fourth-order valence-corrected chi connectivity index (χ4v) is 4.13. The van der Waals surface area contributed by atoms with E-state index in [0.29, 0.717) is 18.8 Å². The number of Topliss-reactive ketones (excluding diaryl/α,β-unsaturated/α-hetero) is 1. The Morgan fingerprint density at radius 3 is 2.78 bits per heavy atom. The van der Waals surface area contributed by atoms with Crippen LogP contribution in [0.4, 0.5) is 0 Å². The van der Waals surface area contributed by atoms with Gasteiger partial charge in [0.15, 0.2) is 11.5 Å². The minimum absolute atomic E-state index is 0.0733. The third-order valence-corrected chi connectivity index (χ3v) is 5.51. The van der Waals surface area contributed by atoms with E-state index < -0.39 is 11.7 Å². The van der Waals surface area contributed by atoms with E-state index >= 15 is 0 Å². The van der Waals surface area contributed by atoms with E-state index in [1.165, 1.54) is 0 Å². The number of aryl methyl sites for hydroxylation is 1. The second kappa shape index (κ2) is 6.76. The highest BCUT2D eigenvalue weighted by molar-refractivity contribution is 6.42. The zero-order valence-electron chi connectivity index (χ0n) is 15.7. The van der Waals surface area contributed by atoms with Crippen molar-refractivity contribution in [3.05, 3.63) is 47.8 Å². The first kappa shape index (κ1) is 17.6. The monoisotopic (exact) mass is 368 g/mol. The largest absolute Gasteiger partial charge is 0.454 e. The van der Waals surface area contributed by atoms with Gasteiger partial charge >= 0.3 is 0 Å². The van der Waals surface area contributed by atoms with Crippen molar-refractivity contribution < 1.29 is 19.1 Å². The zero-order chi connectivity index (χ0) is 19.0. The van der Waals surface area contributed by atoms with E-state index in [1.807, 2.05) is 12.1 Å². The first-order valence-electron chi connectivity index (χ1n) is 9.29. The van der Waals surface area contributed by atoms with Crippen LogP contribution in [-0.4, -0.2) is 41.0 Å². The predicted molar refractivity (Wildman–Crippen MR) is 99.9 cm³/mol. The molecule has 1 aromatic heterocycles. The lowest BCUT2D eigenvalue weighted by atomic mass is 9.76. The van der Waals surface area contributed by atoms with Gasteiger partial charge in [0.2, 0.25) is 6.79 Å². The van der Waals surface area contributed by atoms with Crippen LogP contribution in [0.3, 0.4) is 0 Å². The van der Waals surface area contributed by atoms with E-state index in [0.717, 1.165) is 36.3 Å². The van der Waals surface area contributed by atoms with Gasteiger partial charge in [0.25, 0.3) is 11.7 Å². The van der Waals surface area contributed by atoms with Gasteiger partial charge in [-0.15, -0.1) is 0 Å². The Balaban J connectivity index is 1.47. The second-order valence-corrected chi connectivity index (χ2v) is 7.84. The lowest BCUT2D eigenvalue weighted by Gasteiger charge is -2.40. The number of likely N-dealkylation sites (tertiary alicyclic amines) is 1. The number of piperidine rings is 1.